The molecule has 0 aliphatic carbocycles. The van der Waals surface area contributed by atoms with E-state index in [-0.39, 0.29) is 20.9 Å². The molecule has 6 nitrogen and oxygen atoms in total. The van der Waals surface area contributed by atoms with E-state index < -0.39 is 29.0 Å². The summed E-state index contributed by atoms with van der Waals surface area (Å²) in [5.74, 6) is -2.55. The van der Waals surface area contributed by atoms with Crippen molar-refractivity contribution in [1.82, 2.24) is 0 Å². The van der Waals surface area contributed by atoms with Gasteiger partial charge in [0.25, 0.3) is 0 Å². The number of hydrogen-bond donors (Lipinski definition) is 1. The second-order valence-corrected chi connectivity index (χ2v) is 20.5. The van der Waals surface area contributed by atoms with Crippen molar-refractivity contribution in [3.63, 3.8) is 0 Å². The summed E-state index contributed by atoms with van der Waals surface area (Å²) in [4.78, 5) is 21.2. The summed E-state index contributed by atoms with van der Waals surface area (Å²) in [7, 11) is -4.46. The van der Waals surface area contributed by atoms with E-state index in [4.69, 9.17) is 5.11 Å². The molecule has 0 saturated heterocycles. The largest absolute Gasteiger partial charge is 0.545 e. The minimum Gasteiger partial charge on any atom is -0.545 e. The fourth-order valence-electron chi connectivity index (χ4n) is 6.48. The Morgan fingerprint density at radius 3 is 1.12 bits per heavy atom. The van der Waals surface area contributed by atoms with E-state index in [0.29, 0.717) is 0 Å². The van der Waals surface area contributed by atoms with Crippen LogP contribution in [0.25, 0.3) is 0 Å². The van der Waals surface area contributed by atoms with Gasteiger partial charge in [-0.15, -0.1) is 0 Å². The number of unbranched alkanes of at least 4 members (excludes halogenated alkanes) is 16. The fraction of sp³-hybridized carbons (Fsp3) is 0.667. The number of hydrogen-bond acceptors (Lipinski definition) is 5. The molecule has 0 amide bonds. The molecule has 50 heavy (non-hydrogen) atoms. The Morgan fingerprint density at radius 1 is 0.500 bits per heavy atom. The smallest absolute Gasteiger partial charge is 0.335 e. The van der Waals surface area contributed by atoms with Crippen molar-refractivity contribution in [2.45, 2.75) is 166 Å². The summed E-state index contributed by atoms with van der Waals surface area (Å²) in [5, 5.41) is 19.4. The number of sulfone groups is 1. The monoisotopic (exact) mass is 732 g/mol. The third kappa shape index (κ3) is 18.8. The Balaban J connectivity index is 0.000000523. The highest BCUT2D eigenvalue weighted by Crippen LogP contribution is 2.61. The van der Waals surface area contributed by atoms with Gasteiger partial charge in [0.15, 0.2) is 0 Å². The van der Waals surface area contributed by atoms with E-state index >= 15 is 0 Å². The van der Waals surface area contributed by atoms with Crippen LogP contribution in [0.15, 0.2) is 58.3 Å². The Kier molecular flexibility index (Phi) is 25.1. The first-order valence-corrected chi connectivity index (χ1v) is 23.8. The van der Waals surface area contributed by atoms with Gasteiger partial charge in [-0.3, -0.25) is 0 Å². The molecule has 0 aliphatic heterocycles. The van der Waals surface area contributed by atoms with E-state index in [1.165, 1.54) is 146 Å². The molecule has 0 atom stereocenters. The maximum absolute atomic E-state index is 12.3. The number of carbonyl (C=O) groups is 2. The molecule has 1 N–H and O–H groups in total. The molecular weight excluding hydrogens is 663 g/mol. The molecule has 0 unspecified atom stereocenters. The van der Waals surface area contributed by atoms with Gasteiger partial charge in [-0.25, -0.2) is 13.2 Å². The average molecular weight is 733 g/mol. The van der Waals surface area contributed by atoms with Gasteiger partial charge < -0.3 is 15.0 Å². The Morgan fingerprint density at radius 2 is 0.800 bits per heavy atom. The lowest BCUT2D eigenvalue weighted by atomic mass is 10.0. The van der Waals surface area contributed by atoms with Crippen LogP contribution in [0.3, 0.4) is 0 Å². The number of rotatable bonds is 28. The minimum atomic E-state index is -3.83. The topological polar surface area (TPSA) is 112 Å². The first-order valence-electron chi connectivity index (χ1n) is 19.8. The van der Waals surface area contributed by atoms with Crippen LogP contribution in [-0.4, -0.2) is 50.1 Å². The predicted molar refractivity (Wildman–Crippen MR) is 211 cm³/mol. The standard InChI is InChI=1S/C28H60P.C14H10O6S/c1-5-9-13-14-15-16-17-18-19-20-21-22-23-24-28-29(25-10-6-2,26-11-7-3)27-12-8-4;15-13(16)9-1-5-11(6-2-9)21(19,20)12-7-3-10(4-8-12)14(17)18/h5-28H2,1-4H3;1-8H,(H,15,16)(H,17,18)/q+1;/p-1. The number of carboxylic acid groups (broad SMARTS) is 2. The lowest BCUT2D eigenvalue weighted by Gasteiger charge is -2.28. The van der Waals surface area contributed by atoms with Crippen molar-refractivity contribution in [3.8, 4) is 0 Å². The normalized spacial score (nSPS) is 11.6. The molecule has 0 heterocycles. The molecule has 0 bridgehead atoms. The zero-order valence-corrected chi connectivity index (χ0v) is 33.6. The SMILES string of the molecule is CCCCCCCCCCCCCCCC[P+](CCCC)(CCCC)CCCC.O=C([O-])c1ccc(S(=O)(=O)c2ccc(C(=O)O)cc2)cc1. The third-order valence-electron chi connectivity index (χ3n) is 9.76. The van der Waals surface area contributed by atoms with Crippen LogP contribution in [0, 0.1) is 0 Å². The molecule has 8 heteroatoms. The Hall–Kier alpha value is -2.24. The first-order chi connectivity index (χ1) is 24.1. The van der Waals surface area contributed by atoms with E-state index in [2.05, 4.69) is 27.7 Å². The molecule has 2 rings (SSSR count). The third-order valence-corrected chi connectivity index (χ3v) is 16.6. The average Bonchev–Trinajstić information content (AvgIpc) is 3.12. The molecule has 0 aromatic heterocycles. The fourth-order valence-corrected chi connectivity index (χ4v) is 12.9. The van der Waals surface area contributed by atoms with Gasteiger partial charge in [0, 0.05) is 7.26 Å². The summed E-state index contributed by atoms with van der Waals surface area (Å²) >= 11 is 0. The Labute approximate surface area is 306 Å². The number of carbonyl (C=O) groups excluding carboxylic acids is 1. The van der Waals surface area contributed by atoms with E-state index in [1.807, 2.05) is 0 Å². The van der Waals surface area contributed by atoms with Crippen LogP contribution in [-0.2, 0) is 9.84 Å². The van der Waals surface area contributed by atoms with Crippen LogP contribution < -0.4 is 5.11 Å². The molecular formula is C42H69O6PS. The number of benzene rings is 2. The molecule has 0 saturated carbocycles. The van der Waals surface area contributed by atoms with Gasteiger partial charge in [-0.2, -0.15) is 0 Å². The summed E-state index contributed by atoms with van der Waals surface area (Å²) in [6.45, 7) is 9.48. The zero-order valence-electron chi connectivity index (χ0n) is 31.9. The number of aromatic carboxylic acids is 2. The minimum absolute atomic E-state index is 0.0266. The van der Waals surface area contributed by atoms with Crippen molar-refractivity contribution >= 4 is 29.0 Å². The molecule has 0 radical (unpaired) electrons. The van der Waals surface area contributed by atoms with Gasteiger partial charge in [0.05, 0.1) is 46.0 Å². The highest BCUT2D eigenvalue weighted by molar-refractivity contribution is 7.91. The summed E-state index contributed by atoms with van der Waals surface area (Å²) in [6, 6.07) is 9.32. The van der Waals surface area contributed by atoms with Crippen molar-refractivity contribution in [1.29, 1.82) is 0 Å². The quantitative estimate of drug-likeness (QED) is 0.0688. The van der Waals surface area contributed by atoms with Crippen molar-refractivity contribution in [3.05, 3.63) is 59.7 Å². The molecule has 0 aliphatic rings. The van der Waals surface area contributed by atoms with E-state index in [9.17, 15) is 23.1 Å². The van der Waals surface area contributed by atoms with Crippen molar-refractivity contribution < 1.29 is 28.2 Å². The lowest BCUT2D eigenvalue weighted by Crippen LogP contribution is -2.22. The van der Waals surface area contributed by atoms with Crippen LogP contribution in [0.1, 0.15) is 177 Å². The van der Waals surface area contributed by atoms with Crippen LogP contribution in [0.5, 0.6) is 0 Å². The maximum Gasteiger partial charge on any atom is 0.335 e. The van der Waals surface area contributed by atoms with Gasteiger partial charge in [0.2, 0.25) is 9.84 Å². The van der Waals surface area contributed by atoms with E-state index in [0.717, 1.165) is 24.3 Å². The van der Waals surface area contributed by atoms with Crippen LogP contribution in [0.4, 0.5) is 0 Å². The summed E-state index contributed by atoms with van der Waals surface area (Å²) in [5.41, 5.74) is -0.156. The van der Waals surface area contributed by atoms with E-state index in [1.54, 1.807) is 31.1 Å². The van der Waals surface area contributed by atoms with Gasteiger partial charge in [-0.05, 0) is 74.1 Å². The van der Waals surface area contributed by atoms with Gasteiger partial charge in [0.1, 0.15) is 0 Å². The zero-order chi connectivity index (χ0) is 37.1. The van der Waals surface area contributed by atoms with Crippen molar-refractivity contribution in [2.75, 3.05) is 24.6 Å². The van der Waals surface area contributed by atoms with Crippen molar-refractivity contribution in [2.24, 2.45) is 0 Å². The second kappa shape index (κ2) is 27.4. The molecule has 2 aromatic rings. The summed E-state index contributed by atoms with van der Waals surface area (Å²) < 4.78 is 24.6. The highest BCUT2D eigenvalue weighted by Gasteiger charge is 2.34. The lowest BCUT2D eigenvalue weighted by molar-refractivity contribution is -0.255. The molecule has 2 aromatic carbocycles. The summed E-state index contributed by atoms with van der Waals surface area (Å²) in [6.07, 6.45) is 36.0. The predicted octanol–water partition coefficient (Wildman–Crippen LogP) is 11.5. The second-order valence-electron chi connectivity index (χ2n) is 14.0. The van der Waals surface area contributed by atoms with Crippen LogP contribution in [0.2, 0.25) is 0 Å². The molecule has 0 spiro atoms. The van der Waals surface area contributed by atoms with Crippen LogP contribution >= 0.6 is 7.26 Å². The maximum atomic E-state index is 12.3. The Bertz CT molecular complexity index is 1190. The molecule has 284 valence electrons. The number of carboxylic acids is 2. The first kappa shape index (κ1) is 45.8. The van der Waals surface area contributed by atoms with Gasteiger partial charge in [-0.1, -0.05) is 136 Å². The van der Waals surface area contributed by atoms with Gasteiger partial charge >= 0.3 is 5.97 Å². The highest BCUT2D eigenvalue weighted by atomic mass is 32.2. The molecule has 0 fully saturated rings.